The second kappa shape index (κ2) is 8.74. The van der Waals surface area contributed by atoms with Gasteiger partial charge < -0.3 is 9.80 Å². The number of piperidine rings is 1. The number of carbonyl (C=O) groups is 1. The van der Waals surface area contributed by atoms with E-state index in [-0.39, 0.29) is 11.5 Å². The van der Waals surface area contributed by atoms with Crippen LogP contribution in [0, 0.1) is 11.8 Å². The van der Waals surface area contributed by atoms with Gasteiger partial charge in [0.25, 0.3) is 0 Å². The number of benzene rings is 1. The highest BCUT2D eigenvalue weighted by molar-refractivity contribution is 5.79. The van der Waals surface area contributed by atoms with Crippen LogP contribution in [0.15, 0.2) is 30.3 Å². The Hall–Kier alpha value is -1.39. The van der Waals surface area contributed by atoms with Crippen LogP contribution in [-0.4, -0.2) is 65.9 Å². The van der Waals surface area contributed by atoms with Gasteiger partial charge in [0, 0.05) is 37.6 Å². The number of amides is 1. The van der Waals surface area contributed by atoms with E-state index in [9.17, 15) is 4.79 Å². The summed E-state index contributed by atoms with van der Waals surface area (Å²) >= 11 is 0. The van der Waals surface area contributed by atoms with E-state index in [0.29, 0.717) is 11.8 Å². The van der Waals surface area contributed by atoms with E-state index < -0.39 is 0 Å². The van der Waals surface area contributed by atoms with Crippen molar-refractivity contribution in [1.29, 1.82) is 0 Å². The Labute approximate surface area is 165 Å². The summed E-state index contributed by atoms with van der Waals surface area (Å²) in [5.41, 5.74) is 1.58. The first-order valence-corrected chi connectivity index (χ1v) is 10.6. The molecule has 2 heterocycles. The molecule has 1 amide bonds. The number of hydrogen-bond acceptors (Lipinski definition) is 3. The topological polar surface area (TPSA) is 26.8 Å². The molecular weight excluding hydrogens is 334 g/mol. The van der Waals surface area contributed by atoms with Crippen LogP contribution in [-0.2, 0) is 11.3 Å². The summed E-state index contributed by atoms with van der Waals surface area (Å²) in [4.78, 5) is 20.0. The van der Waals surface area contributed by atoms with Crippen molar-refractivity contribution in [1.82, 2.24) is 14.7 Å². The minimum atomic E-state index is 0.218. The molecule has 0 saturated carbocycles. The third-order valence-corrected chi connectivity index (χ3v) is 6.26. The first-order chi connectivity index (χ1) is 12.8. The molecule has 2 aliphatic heterocycles. The Bertz CT molecular complexity index is 602. The summed E-state index contributed by atoms with van der Waals surface area (Å²) in [6, 6.07) is 10.6. The molecule has 2 saturated heterocycles. The molecule has 150 valence electrons. The molecule has 2 fully saturated rings. The van der Waals surface area contributed by atoms with Crippen molar-refractivity contribution in [2.75, 3.05) is 39.8 Å². The fraction of sp³-hybridized carbons (Fsp3) is 0.696. The molecule has 0 radical (unpaired) electrons. The molecule has 0 aliphatic carbocycles. The van der Waals surface area contributed by atoms with Crippen LogP contribution in [0.5, 0.6) is 0 Å². The Kier molecular flexibility index (Phi) is 6.59. The minimum Gasteiger partial charge on any atom is -0.342 e. The van der Waals surface area contributed by atoms with Gasteiger partial charge in [0.15, 0.2) is 0 Å². The molecule has 4 heteroatoms. The van der Waals surface area contributed by atoms with Crippen molar-refractivity contribution >= 4 is 5.91 Å². The molecule has 1 atom stereocenters. The Morgan fingerprint density at radius 3 is 2.37 bits per heavy atom. The third kappa shape index (κ3) is 5.55. The first kappa shape index (κ1) is 20.3. The fourth-order valence-electron chi connectivity index (χ4n) is 4.64. The summed E-state index contributed by atoms with van der Waals surface area (Å²) < 4.78 is 0. The Morgan fingerprint density at radius 2 is 1.74 bits per heavy atom. The largest absolute Gasteiger partial charge is 0.342 e. The van der Waals surface area contributed by atoms with E-state index in [1.54, 1.807) is 0 Å². The lowest BCUT2D eigenvalue weighted by atomic mass is 9.92. The van der Waals surface area contributed by atoms with E-state index in [1.807, 2.05) is 0 Å². The summed E-state index contributed by atoms with van der Waals surface area (Å²) in [6.07, 6.45) is 3.18. The van der Waals surface area contributed by atoms with E-state index in [0.717, 1.165) is 58.5 Å². The van der Waals surface area contributed by atoms with Gasteiger partial charge in [-0.25, -0.2) is 0 Å². The maximum atomic E-state index is 13.0. The molecule has 4 nitrogen and oxygen atoms in total. The number of carbonyl (C=O) groups excluding carboxylic acids is 1. The normalized spacial score (nSPS) is 22.6. The van der Waals surface area contributed by atoms with Gasteiger partial charge in [-0.3, -0.25) is 9.69 Å². The van der Waals surface area contributed by atoms with Crippen LogP contribution in [0.2, 0.25) is 0 Å². The average Bonchev–Trinajstić information content (AvgIpc) is 3.09. The van der Waals surface area contributed by atoms with E-state index in [4.69, 9.17) is 0 Å². The van der Waals surface area contributed by atoms with Gasteiger partial charge in [-0.15, -0.1) is 0 Å². The van der Waals surface area contributed by atoms with Crippen molar-refractivity contribution in [3.8, 4) is 0 Å². The number of nitrogens with zero attached hydrogens (tertiary/aromatic N) is 3. The lowest BCUT2D eigenvalue weighted by Gasteiger charge is -2.41. The van der Waals surface area contributed by atoms with E-state index in [2.05, 4.69) is 72.9 Å². The molecule has 1 unspecified atom stereocenters. The van der Waals surface area contributed by atoms with Gasteiger partial charge >= 0.3 is 0 Å². The Morgan fingerprint density at radius 1 is 1.07 bits per heavy atom. The fourth-order valence-corrected chi connectivity index (χ4v) is 4.64. The quantitative estimate of drug-likeness (QED) is 0.793. The lowest BCUT2D eigenvalue weighted by Crippen LogP contribution is -2.48. The predicted octanol–water partition coefficient (Wildman–Crippen LogP) is 3.48. The predicted molar refractivity (Wildman–Crippen MR) is 112 cm³/mol. The van der Waals surface area contributed by atoms with Gasteiger partial charge in [-0.05, 0) is 71.7 Å². The molecule has 0 aromatic heterocycles. The molecule has 1 aromatic carbocycles. The zero-order valence-electron chi connectivity index (χ0n) is 17.7. The molecule has 27 heavy (non-hydrogen) atoms. The van der Waals surface area contributed by atoms with Gasteiger partial charge in [0.05, 0.1) is 0 Å². The summed E-state index contributed by atoms with van der Waals surface area (Å²) in [6.45, 7) is 12.9. The van der Waals surface area contributed by atoms with Crippen LogP contribution in [0.3, 0.4) is 0 Å². The first-order valence-electron chi connectivity index (χ1n) is 10.6. The number of hydrogen-bond donors (Lipinski definition) is 0. The van der Waals surface area contributed by atoms with Crippen LogP contribution in [0.4, 0.5) is 0 Å². The van der Waals surface area contributed by atoms with E-state index in [1.165, 1.54) is 5.56 Å². The molecule has 0 spiro atoms. The minimum absolute atomic E-state index is 0.218. The zero-order valence-corrected chi connectivity index (χ0v) is 17.7. The molecule has 3 rings (SSSR count). The summed E-state index contributed by atoms with van der Waals surface area (Å²) in [5, 5.41) is 0. The van der Waals surface area contributed by atoms with Crippen molar-refractivity contribution in [3.63, 3.8) is 0 Å². The highest BCUT2D eigenvalue weighted by Crippen LogP contribution is 2.27. The zero-order chi connectivity index (χ0) is 19.4. The highest BCUT2D eigenvalue weighted by Gasteiger charge is 2.35. The van der Waals surface area contributed by atoms with Crippen LogP contribution >= 0.6 is 0 Å². The van der Waals surface area contributed by atoms with Crippen molar-refractivity contribution < 1.29 is 4.79 Å². The maximum Gasteiger partial charge on any atom is 0.225 e. The second-order valence-corrected chi connectivity index (χ2v) is 9.55. The van der Waals surface area contributed by atoms with Crippen molar-refractivity contribution in [2.45, 2.75) is 52.1 Å². The SMILES string of the molecule is CN(Cc1ccccc1)CC1CCN(C(=O)C2CCN(C(C)(C)C)CC2)C1. The van der Waals surface area contributed by atoms with Gasteiger partial charge in [0.1, 0.15) is 0 Å². The molecular formula is C23H37N3O. The molecule has 0 N–H and O–H groups in total. The summed E-state index contributed by atoms with van der Waals surface area (Å²) in [5.74, 6) is 1.26. The number of likely N-dealkylation sites (tertiary alicyclic amines) is 2. The van der Waals surface area contributed by atoms with Crippen molar-refractivity contribution in [3.05, 3.63) is 35.9 Å². The monoisotopic (exact) mass is 371 g/mol. The van der Waals surface area contributed by atoms with Gasteiger partial charge in [-0.1, -0.05) is 30.3 Å². The van der Waals surface area contributed by atoms with Crippen LogP contribution in [0.25, 0.3) is 0 Å². The molecule has 2 aliphatic rings. The third-order valence-electron chi connectivity index (χ3n) is 6.26. The molecule has 0 bridgehead atoms. The molecule has 1 aromatic rings. The maximum absolute atomic E-state index is 13.0. The number of rotatable bonds is 5. The standard InChI is InChI=1S/C23H37N3O/c1-23(2,3)26-14-11-21(12-15-26)22(27)25-13-10-20(18-25)17-24(4)16-19-8-6-5-7-9-19/h5-9,20-21H,10-18H2,1-4H3. The Balaban J connectivity index is 1.43. The van der Waals surface area contributed by atoms with Crippen LogP contribution in [0.1, 0.15) is 45.6 Å². The average molecular weight is 372 g/mol. The van der Waals surface area contributed by atoms with Crippen LogP contribution < -0.4 is 0 Å². The summed E-state index contributed by atoms with van der Waals surface area (Å²) in [7, 11) is 2.19. The highest BCUT2D eigenvalue weighted by atomic mass is 16.2. The van der Waals surface area contributed by atoms with Crippen molar-refractivity contribution in [2.24, 2.45) is 11.8 Å². The lowest BCUT2D eigenvalue weighted by molar-refractivity contribution is -0.136. The smallest absolute Gasteiger partial charge is 0.225 e. The van der Waals surface area contributed by atoms with Gasteiger partial charge in [-0.2, -0.15) is 0 Å². The van der Waals surface area contributed by atoms with Gasteiger partial charge in [0.2, 0.25) is 5.91 Å². The van der Waals surface area contributed by atoms with E-state index >= 15 is 0 Å². The second-order valence-electron chi connectivity index (χ2n) is 9.55.